The number of nitrogens with zero attached hydrogens (tertiary/aromatic N) is 1. The SMILES string of the molecule is CCC(C)CN(C)S(=O)(=O)c1ccc(C#CCO)cc1Cl. The molecule has 1 aromatic rings. The molecule has 0 saturated heterocycles. The van der Waals surface area contributed by atoms with Crippen LogP contribution in [0.15, 0.2) is 23.1 Å². The van der Waals surface area contributed by atoms with Crippen LogP contribution >= 0.6 is 11.6 Å². The molecule has 0 radical (unpaired) electrons. The van der Waals surface area contributed by atoms with Gasteiger partial charge in [-0.25, -0.2) is 12.7 Å². The van der Waals surface area contributed by atoms with Gasteiger partial charge in [0.15, 0.2) is 0 Å². The molecule has 0 amide bonds. The maximum atomic E-state index is 12.5. The number of hydrogen-bond acceptors (Lipinski definition) is 3. The van der Waals surface area contributed by atoms with Crippen LogP contribution in [0, 0.1) is 17.8 Å². The minimum atomic E-state index is -3.61. The number of sulfonamides is 1. The van der Waals surface area contributed by atoms with Crippen LogP contribution in [0.3, 0.4) is 0 Å². The van der Waals surface area contributed by atoms with Crippen molar-refractivity contribution in [3.63, 3.8) is 0 Å². The minimum Gasteiger partial charge on any atom is -0.384 e. The summed E-state index contributed by atoms with van der Waals surface area (Å²) in [5.74, 6) is 5.46. The van der Waals surface area contributed by atoms with Gasteiger partial charge in [0.1, 0.15) is 11.5 Å². The van der Waals surface area contributed by atoms with E-state index in [-0.39, 0.29) is 22.4 Å². The molecule has 0 fully saturated rings. The van der Waals surface area contributed by atoms with Crippen molar-refractivity contribution >= 4 is 21.6 Å². The highest BCUT2D eigenvalue weighted by atomic mass is 35.5. The van der Waals surface area contributed by atoms with E-state index in [4.69, 9.17) is 16.7 Å². The zero-order chi connectivity index (χ0) is 16.0. The average molecular weight is 330 g/mol. The molecule has 4 nitrogen and oxygen atoms in total. The van der Waals surface area contributed by atoms with Crippen LogP contribution in [0.5, 0.6) is 0 Å². The third-order valence-electron chi connectivity index (χ3n) is 3.20. The van der Waals surface area contributed by atoms with Gasteiger partial charge in [-0.2, -0.15) is 0 Å². The summed E-state index contributed by atoms with van der Waals surface area (Å²) in [6.45, 7) is 4.21. The summed E-state index contributed by atoms with van der Waals surface area (Å²) in [5.41, 5.74) is 0.567. The summed E-state index contributed by atoms with van der Waals surface area (Å²) in [6, 6.07) is 4.53. The molecule has 0 heterocycles. The van der Waals surface area contributed by atoms with Crippen molar-refractivity contribution in [1.82, 2.24) is 4.31 Å². The van der Waals surface area contributed by atoms with E-state index < -0.39 is 10.0 Å². The van der Waals surface area contributed by atoms with E-state index >= 15 is 0 Å². The number of rotatable bonds is 5. The predicted molar refractivity (Wildman–Crippen MR) is 84.7 cm³/mol. The summed E-state index contributed by atoms with van der Waals surface area (Å²) in [4.78, 5) is 0.0736. The van der Waals surface area contributed by atoms with Crippen LogP contribution in [0.2, 0.25) is 5.02 Å². The Bertz CT molecular complexity index is 647. The fourth-order valence-electron chi connectivity index (χ4n) is 1.76. The number of benzene rings is 1. The molecule has 0 aromatic heterocycles. The molecule has 6 heteroatoms. The maximum Gasteiger partial charge on any atom is 0.244 e. The molecule has 0 aliphatic rings. The summed E-state index contributed by atoms with van der Waals surface area (Å²) < 4.78 is 26.3. The molecule has 0 aliphatic heterocycles. The largest absolute Gasteiger partial charge is 0.384 e. The van der Waals surface area contributed by atoms with Gasteiger partial charge in [0.25, 0.3) is 0 Å². The lowest BCUT2D eigenvalue weighted by atomic mass is 10.1. The van der Waals surface area contributed by atoms with E-state index in [1.54, 1.807) is 13.1 Å². The van der Waals surface area contributed by atoms with Crippen molar-refractivity contribution < 1.29 is 13.5 Å². The van der Waals surface area contributed by atoms with Crippen molar-refractivity contribution in [3.05, 3.63) is 28.8 Å². The highest BCUT2D eigenvalue weighted by Crippen LogP contribution is 2.25. The standard InChI is InChI=1S/C15H20ClNO3S/c1-4-12(2)11-17(3)21(19,20)15-8-7-13(6-5-9-18)10-14(15)16/h7-8,10,12,18H,4,9,11H2,1-3H3. The molecule has 0 aliphatic carbocycles. The average Bonchev–Trinajstić information content (AvgIpc) is 2.44. The Morgan fingerprint density at radius 1 is 1.43 bits per heavy atom. The zero-order valence-electron chi connectivity index (χ0n) is 12.4. The molecular weight excluding hydrogens is 310 g/mol. The van der Waals surface area contributed by atoms with Crippen LogP contribution in [0.4, 0.5) is 0 Å². The number of aliphatic hydroxyl groups excluding tert-OH is 1. The predicted octanol–water partition coefficient (Wildman–Crippen LogP) is 2.35. The van der Waals surface area contributed by atoms with Gasteiger partial charge in [-0.1, -0.05) is 43.7 Å². The van der Waals surface area contributed by atoms with E-state index in [0.29, 0.717) is 12.1 Å². The van der Waals surface area contributed by atoms with E-state index in [2.05, 4.69) is 11.8 Å². The Kier molecular flexibility index (Phi) is 6.69. The van der Waals surface area contributed by atoms with E-state index in [0.717, 1.165) is 6.42 Å². The Morgan fingerprint density at radius 2 is 2.10 bits per heavy atom. The van der Waals surface area contributed by atoms with E-state index in [9.17, 15) is 8.42 Å². The highest BCUT2D eigenvalue weighted by molar-refractivity contribution is 7.89. The van der Waals surface area contributed by atoms with Gasteiger partial charge in [-0.3, -0.25) is 0 Å². The summed E-state index contributed by atoms with van der Waals surface area (Å²) in [6.07, 6.45) is 0.906. The first-order valence-corrected chi connectivity index (χ1v) is 8.50. The van der Waals surface area contributed by atoms with E-state index in [1.807, 2.05) is 13.8 Å². The molecule has 0 saturated carbocycles. The smallest absolute Gasteiger partial charge is 0.244 e. The second-order valence-electron chi connectivity index (χ2n) is 4.90. The fraction of sp³-hybridized carbons (Fsp3) is 0.467. The topological polar surface area (TPSA) is 57.6 Å². The van der Waals surface area contributed by atoms with Crippen molar-refractivity contribution in [2.75, 3.05) is 20.2 Å². The Morgan fingerprint density at radius 3 is 2.62 bits per heavy atom. The first kappa shape index (κ1) is 18.0. The first-order valence-electron chi connectivity index (χ1n) is 6.68. The number of hydrogen-bond donors (Lipinski definition) is 1. The summed E-state index contributed by atoms with van der Waals surface area (Å²) in [5, 5.41) is 8.79. The third kappa shape index (κ3) is 4.72. The van der Waals surface area contributed by atoms with Gasteiger partial charge in [0.2, 0.25) is 10.0 Å². The lowest BCUT2D eigenvalue weighted by Gasteiger charge is -2.21. The van der Waals surface area contributed by atoms with Gasteiger partial charge < -0.3 is 5.11 Å². The first-order chi connectivity index (χ1) is 9.82. The van der Waals surface area contributed by atoms with Gasteiger partial charge >= 0.3 is 0 Å². The maximum absolute atomic E-state index is 12.5. The van der Waals surface area contributed by atoms with Gasteiger partial charge in [-0.15, -0.1) is 0 Å². The van der Waals surface area contributed by atoms with Gasteiger partial charge in [-0.05, 0) is 24.1 Å². The lowest BCUT2D eigenvalue weighted by molar-refractivity contribution is 0.350. The molecule has 1 N–H and O–H groups in total. The van der Waals surface area contributed by atoms with Crippen LogP contribution in [-0.2, 0) is 10.0 Å². The molecule has 1 unspecified atom stereocenters. The zero-order valence-corrected chi connectivity index (χ0v) is 14.0. The molecule has 116 valence electrons. The normalized spacial score (nSPS) is 12.9. The van der Waals surface area contributed by atoms with Crippen LogP contribution in [0.1, 0.15) is 25.8 Å². The molecule has 1 aromatic carbocycles. The quantitative estimate of drug-likeness (QED) is 0.844. The minimum absolute atomic E-state index is 0.0736. The van der Waals surface area contributed by atoms with E-state index in [1.165, 1.54) is 16.4 Å². The monoisotopic (exact) mass is 329 g/mol. The highest BCUT2D eigenvalue weighted by Gasteiger charge is 2.24. The Hall–Kier alpha value is -1.06. The molecule has 0 spiro atoms. The Labute approximate surface area is 131 Å². The van der Waals surface area contributed by atoms with Crippen LogP contribution < -0.4 is 0 Å². The summed E-state index contributed by atoms with van der Waals surface area (Å²) in [7, 11) is -2.06. The molecule has 21 heavy (non-hydrogen) atoms. The second kappa shape index (κ2) is 7.81. The van der Waals surface area contributed by atoms with Crippen molar-refractivity contribution in [2.24, 2.45) is 5.92 Å². The molecule has 1 rings (SSSR count). The molecular formula is C15H20ClNO3S. The third-order valence-corrected chi connectivity index (χ3v) is 5.50. The van der Waals surface area contributed by atoms with Crippen LogP contribution in [0.25, 0.3) is 0 Å². The molecule has 0 bridgehead atoms. The van der Waals surface area contributed by atoms with Gasteiger partial charge in [0.05, 0.1) is 5.02 Å². The van der Waals surface area contributed by atoms with Gasteiger partial charge in [0, 0.05) is 19.2 Å². The summed E-state index contributed by atoms with van der Waals surface area (Å²) >= 11 is 6.07. The number of halogens is 1. The van der Waals surface area contributed by atoms with Crippen molar-refractivity contribution in [1.29, 1.82) is 0 Å². The van der Waals surface area contributed by atoms with Crippen molar-refractivity contribution in [2.45, 2.75) is 25.2 Å². The Balaban J connectivity index is 3.09. The van der Waals surface area contributed by atoms with Crippen LogP contribution in [-0.4, -0.2) is 38.0 Å². The molecule has 1 atom stereocenters. The second-order valence-corrected chi connectivity index (χ2v) is 7.32. The fourth-order valence-corrected chi connectivity index (χ4v) is 3.57. The van der Waals surface area contributed by atoms with Crippen molar-refractivity contribution in [3.8, 4) is 11.8 Å². The number of aliphatic hydroxyl groups is 1. The lowest BCUT2D eigenvalue weighted by Crippen LogP contribution is -2.31.